The minimum absolute atomic E-state index is 0.629. The Kier molecular flexibility index (Phi) is 5.91. The number of hydrogen-bond acceptors (Lipinski definition) is 6. The molecule has 1 aromatic rings. The summed E-state index contributed by atoms with van der Waals surface area (Å²) in [5.74, 6) is 1.97. The van der Waals surface area contributed by atoms with Crippen LogP contribution in [0.15, 0.2) is 4.34 Å². The van der Waals surface area contributed by atoms with Crippen LogP contribution in [0.5, 0.6) is 0 Å². The summed E-state index contributed by atoms with van der Waals surface area (Å²) in [5, 5.41) is 13.1. The Labute approximate surface area is 124 Å². The summed E-state index contributed by atoms with van der Waals surface area (Å²) in [6.45, 7) is 3.25. The highest BCUT2D eigenvalue weighted by Crippen LogP contribution is 2.32. The van der Waals surface area contributed by atoms with Crippen LogP contribution >= 0.6 is 23.1 Å². The van der Waals surface area contributed by atoms with Gasteiger partial charge in [0.05, 0.1) is 0 Å². The van der Waals surface area contributed by atoms with Crippen LogP contribution in [0.2, 0.25) is 0 Å². The summed E-state index contributed by atoms with van der Waals surface area (Å²) in [4.78, 5) is 2.01. The zero-order chi connectivity index (χ0) is 13.7. The van der Waals surface area contributed by atoms with Crippen LogP contribution < -0.4 is 10.2 Å². The summed E-state index contributed by atoms with van der Waals surface area (Å²) in [6, 6.07) is 0.629. The maximum absolute atomic E-state index is 4.26. The number of hydrogen-bond donors (Lipinski definition) is 1. The van der Waals surface area contributed by atoms with Crippen molar-refractivity contribution in [1.82, 2.24) is 15.5 Å². The maximum Gasteiger partial charge on any atom is 0.208 e. The Balaban J connectivity index is 1.86. The van der Waals surface area contributed by atoms with Crippen LogP contribution in [-0.2, 0) is 0 Å². The van der Waals surface area contributed by atoms with Gasteiger partial charge >= 0.3 is 0 Å². The van der Waals surface area contributed by atoms with Gasteiger partial charge < -0.3 is 10.2 Å². The van der Waals surface area contributed by atoms with E-state index in [4.69, 9.17) is 0 Å². The van der Waals surface area contributed by atoms with Gasteiger partial charge in [-0.1, -0.05) is 42.9 Å². The van der Waals surface area contributed by atoms with Crippen LogP contribution in [0, 0.1) is 5.92 Å². The van der Waals surface area contributed by atoms with Crippen molar-refractivity contribution in [3.8, 4) is 0 Å². The van der Waals surface area contributed by atoms with E-state index >= 15 is 0 Å². The first-order valence-electron chi connectivity index (χ1n) is 7.07. The van der Waals surface area contributed by atoms with E-state index in [1.54, 1.807) is 11.3 Å². The third-order valence-corrected chi connectivity index (χ3v) is 5.94. The molecule has 0 spiro atoms. The van der Waals surface area contributed by atoms with Crippen LogP contribution in [0.25, 0.3) is 0 Å². The Morgan fingerprint density at radius 1 is 1.37 bits per heavy atom. The van der Waals surface area contributed by atoms with Crippen molar-refractivity contribution in [2.24, 2.45) is 5.92 Å². The van der Waals surface area contributed by atoms with E-state index in [0.29, 0.717) is 6.04 Å². The molecule has 0 aromatic carbocycles. The number of nitrogens with zero attached hydrogens (tertiary/aromatic N) is 3. The van der Waals surface area contributed by atoms with Gasteiger partial charge in [0, 0.05) is 25.9 Å². The summed E-state index contributed by atoms with van der Waals surface area (Å²) < 4.78 is 1.09. The van der Waals surface area contributed by atoms with Gasteiger partial charge in [-0.2, -0.15) is 0 Å². The SMILES string of the molecule is CCNC(CSc1nnc(N(C)C)s1)C1CCCC1. The first kappa shape index (κ1) is 15.1. The zero-order valence-electron chi connectivity index (χ0n) is 12.1. The number of aromatic nitrogens is 2. The van der Waals surface area contributed by atoms with Crippen LogP contribution in [0.1, 0.15) is 32.6 Å². The van der Waals surface area contributed by atoms with E-state index in [2.05, 4.69) is 22.4 Å². The fourth-order valence-corrected chi connectivity index (χ4v) is 4.56. The highest BCUT2D eigenvalue weighted by Gasteiger charge is 2.24. The lowest BCUT2D eigenvalue weighted by atomic mass is 10.00. The van der Waals surface area contributed by atoms with E-state index in [0.717, 1.165) is 27.7 Å². The molecule has 1 unspecified atom stereocenters. The molecular formula is C13H24N4S2. The maximum atomic E-state index is 4.26. The molecule has 1 aliphatic carbocycles. The fraction of sp³-hybridized carbons (Fsp3) is 0.846. The van der Waals surface area contributed by atoms with Gasteiger partial charge in [-0.05, 0) is 25.3 Å². The van der Waals surface area contributed by atoms with Gasteiger partial charge in [-0.3, -0.25) is 0 Å². The molecule has 1 fully saturated rings. The monoisotopic (exact) mass is 300 g/mol. The van der Waals surface area contributed by atoms with Crippen molar-refractivity contribution in [1.29, 1.82) is 0 Å². The molecule has 108 valence electrons. The van der Waals surface area contributed by atoms with Gasteiger partial charge in [0.15, 0.2) is 4.34 Å². The number of thioether (sulfide) groups is 1. The second-order valence-corrected chi connectivity index (χ2v) is 7.49. The second-order valence-electron chi connectivity index (χ2n) is 5.26. The van der Waals surface area contributed by atoms with Gasteiger partial charge in [0.2, 0.25) is 5.13 Å². The van der Waals surface area contributed by atoms with E-state index in [1.807, 2.05) is 30.8 Å². The first-order chi connectivity index (χ1) is 9.20. The van der Waals surface area contributed by atoms with Crippen molar-refractivity contribution < 1.29 is 0 Å². The normalized spacial score (nSPS) is 17.8. The van der Waals surface area contributed by atoms with Crippen LogP contribution in [-0.4, -0.2) is 42.6 Å². The Morgan fingerprint density at radius 3 is 2.68 bits per heavy atom. The molecule has 4 nitrogen and oxygen atoms in total. The molecule has 0 aliphatic heterocycles. The molecular weight excluding hydrogens is 276 g/mol. The highest BCUT2D eigenvalue weighted by atomic mass is 32.2. The zero-order valence-corrected chi connectivity index (χ0v) is 13.7. The van der Waals surface area contributed by atoms with E-state index in [1.165, 1.54) is 25.7 Å². The molecule has 0 radical (unpaired) electrons. The molecule has 1 heterocycles. The lowest BCUT2D eigenvalue weighted by Crippen LogP contribution is -2.37. The fourth-order valence-electron chi connectivity index (χ4n) is 2.59. The average Bonchev–Trinajstić information content (AvgIpc) is 3.05. The standard InChI is InChI=1S/C13H24N4S2/c1-4-14-11(10-7-5-6-8-10)9-18-13-16-15-12(19-13)17(2)3/h10-11,14H,4-9H2,1-3H3. The smallest absolute Gasteiger partial charge is 0.208 e. The predicted octanol–water partition coefficient (Wildman–Crippen LogP) is 2.86. The van der Waals surface area contributed by atoms with E-state index < -0.39 is 0 Å². The lowest BCUT2D eigenvalue weighted by Gasteiger charge is -2.23. The van der Waals surface area contributed by atoms with Crippen molar-refractivity contribution in [2.75, 3.05) is 31.3 Å². The molecule has 19 heavy (non-hydrogen) atoms. The topological polar surface area (TPSA) is 41.1 Å². The first-order valence-corrected chi connectivity index (χ1v) is 8.88. The summed E-state index contributed by atoms with van der Waals surface area (Å²) >= 11 is 3.53. The molecule has 0 amide bonds. The Morgan fingerprint density at radius 2 is 2.11 bits per heavy atom. The molecule has 1 N–H and O–H groups in total. The molecule has 1 atom stereocenters. The summed E-state index contributed by atoms with van der Waals surface area (Å²) in [7, 11) is 4.02. The number of rotatable bonds is 7. The van der Waals surface area contributed by atoms with Gasteiger partial charge in [-0.15, -0.1) is 10.2 Å². The summed E-state index contributed by atoms with van der Waals surface area (Å²) in [6.07, 6.45) is 5.58. The quantitative estimate of drug-likeness (QED) is 0.784. The molecule has 1 saturated carbocycles. The third-order valence-electron chi connectivity index (χ3n) is 3.60. The number of nitrogens with one attached hydrogen (secondary N) is 1. The third kappa shape index (κ3) is 4.33. The van der Waals surface area contributed by atoms with Gasteiger partial charge in [0.1, 0.15) is 0 Å². The van der Waals surface area contributed by atoms with E-state index in [-0.39, 0.29) is 0 Å². The molecule has 0 bridgehead atoms. The minimum atomic E-state index is 0.629. The largest absolute Gasteiger partial charge is 0.353 e. The van der Waals surface area contributed by atoms with Crippen LogP contribution in [0.4, 0.5) is 5.13 Å². The Bertz CT molecular complexity index is 374. The average molecular weight is 300 g/mol. The van der Waals surface area contributed by atoms with Crippen LogP contribution in [0.3, 0.4) is 0 Å². The predicted molar refractivity (Wildman–Crippen MR) is 84.4 cm³/mol. The van der Waals surface area contributed by atoms with Gasteiger partial charge in [-0.25, -0.2) is 0 Å². The minimum Gasteiger partial charge on any atom is -0.353 e. The van der Waals surface area contributed by atoms with Crippen molar-refractivity contribution >= 4 is 28.2 Å². The van der Waals surface area contributed by atoms with Crippen molar-refractivity contribution in [2.45, 2.75) is 43.0 Å². The molecule has 1 aliphatic rings. The summed E-state index contributed by atoms with van der Waals surface area (Å²) in [5.41, 5.74) is 0. The van der Waals surface area contributed by atoms with Gasteiger partial charge in [0.25, 0.3) is 0 Å². The van der Waals surface area contributed by atoms with Crippen molar-refractivity contribution in [3.63, 3.8) is 0 Å². The molecule has 0 saturated heterocycles. The second kappa shape index (κ2) is 7.45. The molecule has 1 aromatic heterocycles. The number of anilines is 1. The lowest BCUT2D eigenvalue weighted by molar-refractivity contribution is 0.394. The van der Waals surface area contributed by atoms with E-state index in [9.17, 15) is 0 Å². The van der Waals surface area contributed by atoms with Crippen molar-refractivity contribution in [3.05, 3.63) is 0 Å². The Hall–Kier alpha value is -0.330. The molecule has 2 rings (SSSR count). The molecule has 6 heteroatoms. The highest BCUT2D eigenvalue weighted by molar-refractivity contribution is 8.01.